The first-order chi connectivity index (χ1) is 11.5. The van der Waals surface area contributed by atoms with Crippen LogP contribution in [0.3, 0.4) is 0 Å². The zero-order valence-corrected chi connectivity index (χ0v) is 12.9. The van der Waals surface area contributed by atoms with Gasteiger partial charge in [0.25, 0.3) is 5.91 Å². The van der Waals surface area contributed by atoms with E-state index in [9.17, 15) is 14.4 Å². The van der Waals surface area contributed by atoms with Crippen molar-refractivity contribution in [1.82, 2.24) is 0 Å². The van der Waals surface area contributed by atoms with Crippen molar-refractivity contribution in [3.63, 3.8) is 0 Å². The summed E-state index contributed by atoms with van der Waals surface area (Å²) in [6.45, 7) is 1.45. The Hall–Kier alpha value is -3.35. The zero-order chi connectivity index (χ0) is 17.5. The molecule has 1 aromatic carbocycles. The van der Waals surface area contributed by atoms with Crippen LogP contribution in [-0.4, -0.2) is 23.9 Å². The number of carbonyl (C=O) groups is 3. The van der Waals surface area contributed by atoms with Crippen LogP contribution in [0, 0.1) is 0 Å². The lowest BCUT2D eigenvalue weighted by atomic mass is 10.2. The van der Waals surface area contributed by atoms with E-state index in [2.05, 4.69) is 5.32 Å². The smallest absolute Gasteiger partial charge is 0.331 e. The number of nitrogens with two attached hydrogens (primary N) is 1. The van der Waals surface area contributed by atoms with Gasteiger partial charge in [0, 0.05) is 17.3 Å². The number of furan rings is 1. The molecule has 2 aromatic rings. The molecule has 0 bridgehead atoms. The molecular weight excluding hydrogens is 312 g/mol. The van der Waals surface area contributed by atoms with Gasteiger partial charge in [0.2, 0.25) is 5.91 Å². The van der Waals surface area contributed by atoms with Crippen LogP contribution >= 0.6 is 0 Å². The second-order valence-corrected chi connectivity index (χ2v) is 4.86. The second kappa shape index (κ2) is 7.77. The van der Waals surface area contributed by atoms with Gasteiger partial charge >= 0.3 is 5.97 Å². The van der Waals surface area contributed by atoms with Gasteiger partial charge in [-0.3, -0.25) is 9.59 Å². The molecule has 7 heteroatoms. The third kappa shape index (κ3) is 4.84. The van der Waals surface area contributed by atoms with Crippen LogP contribution in [0.5, 0.6) is 0 Å². The van der Waals surface area contributed by atoms with Crippen LogP contribution in [0.15, 0.2) is 53.2 Å². The summed E-state index contributed by atoms with van der Waals surface area (Å²) in [4.78, 5) is 34.6. The number of ether oxygens (including phenoxy) is 1. The maximum atomic E-state index is 12.0. The summed E-state index contributed by atoms with van der Waals surface area (Å²) in [6.07, 6.45) is 3.10. The van der Waals surface area contributed by atoms with Crippen LogP contribution in [0.1, 0.15) is 23.0 Å². The van der Waals surface area contributed by atoms with E-state index >= 15 is 0 Å². The largest absolute Gasteiger partial charge is 0.465 e. The predicted molar refractivity (Wildman–Crippen MR) is 86.9 cm³/mol. The van der Waals surface area contributed by atoms with Crippen molar-refractivity contribution in [2.75, 3.05) is 5.32 Å². The third-order valence-electron chi connectivity index (χ3n) is 3.03. The normalized spacial score (nSPS) is 11.9. The van der Waals surface area contributed by atoms with Crippen molar-refractivity contribution in [2.24, 2.45) is 5.73 Å². The van der Waals surface area contributed by atoms with Crippen LogP contribution < -0.4 is 11.1 Å². The molecule has 0 aliphatic rings. The van der Waals surface area contributed by atoms with Gasteiger partial charge in [0.15, 0.2) is 6.10 Å². The summed E-state index contributed by atoms with van der Waals surface area (Å²) in [5.74, 6) is -1.23. The summed E-state index contributed by atoms with van der Waals surface area (Å²) < 4.78 is 10.0. The quantitative estimate of drug-likeness (QED) is 0.622. The molecule has 2 amide bonds. The standard InChI is InChI=1S/C17H16N2O5/c1-11(24-15(20)9-8-14-3-2-10-23-14)17(22)19-13-6-4-12(5-7-13)16(18)21/h2-11H,1H3,(H2,18,21)(H,19,22)/b9-8+/t11-/m0/s1. The first kappa shape index (κ1) is 17.0. The van der Waals surface area contributed by atoms with Gasteiger partial charge in [0.05, 0.1) is 6.26 Å². The van der Waals surface area contributed by atoms with Gasteiger partial charge in [-0.15, -0.1) is 0 Å². The fourth-order valence-electron chi connectivity index (χ4n) is 1.77. The van der Waals surface area contributed by atoms with Crippen molar-refractivity contribution < 1.29 is 23.5 Å². The van der Waals surface area contributed by atoms with Gasteiger partial charge in [-0.05, 0) is 49.4 Å². The Balaban J connectivity index is 1.87. The minimum absolute atomic E-state index is 0.329. The van der Waals surface area contributed by atoms with Gasteiger partial charge < -0.3 is 20.2 Å². The Morgan fingerprint density at radius 2 is 1.92 bits per heavy atom. The fourth-order valence-corrected chi connectivity index (χ4v) is 1.77. The molecule has 0 unspecified atom stereocenters. The summed E-state index contributed by atoms with van der Waals surface area (Å²) in [7, 11) is 0. The molecule has 1 aromatic heterocycles. The van der Waals surface area contributed by atoms with Crippen molar-refractivity contribution in [3.8, 4) is 0 Å². The van der Waals surface area contributed by atoms with E-state index in [4.69, 9.17) is 14.9 Å². The molecule has 1 atom stereocenters. The molecule has 24 heavy (non-hydrogen) atoms. The summed E-state index contributed by atoms with van der Waals surface area (Å²) in [5.41, 5.74) is 5.92. The average Bonchev–Trinajstić information content (AvgIpc) is 3.06. The van der Waals surface area contributed by atoms with E-state index in [1.54, 1.807) is 12.1 Å². The average molecular weight is 328 g/mol. The number of benzene rings is 1. The molecule has 0 spiro atoms. The molecule has 3 N–H and O–H groups in total. The molecule has 0 saturated carbocycles. The van der Waals surface area contributed by atoms with Crippen molar-refractivity contribution in [2.45, 2.75) is 13.0 Å². The molecular formula is C17H16N2O5. The van der Waals surface area contributed by atoms with Crippen LogP contribution in [0.4, 0.5) is 5.69 Å². The summed E-state index contributed by atoms with van der Waals surface area (Å²) in [6, 6.07) is 9.40. The lowest BCUT2D eigenvalue weighted by molar-refractivity contribution is -0.148. The number of esters is 1. The Morgan fingerprint density at radius 1 is 1.21 bits per heavy atom. The highest BCUT2D eigenvalue weighted by molar-refractivity contribution is 5.97. The Morgan fingerprint density at radius 3 is 2.50 bits per heavy atom. The molecule has 0 radical (unpaired) electrons. The molecule has 0 aliphatic heterocycles. The SMILES string of the molecule is C[C@H](OC(=O)/C=C/c1ccco1)C(=O)Nc1ccc(C(N)=O)cc1. The Kier molecular flexibility index (Phi) is 5.51. The van der Waals surface area contributed by atoms with E-state index in [1.165, 1.54) is 49.6 Å². The zero-order valence-electron chi connectivity index (χ0n) is 12.9. The number of primary amides is 1. The topological polar surface area (TPSA) is 112 Å². The van der Waals surface area contributed by atoms with Gasteiger partial charge in [0.1, 0.15) is 5.76 Å². The maximum Gasteiger partial charge on any atom is 0.331 e. The van der Waals surface area contributed by atoms with Gasteiger partial charge in [-0.1, -0.05) is 0 Å². The lowest BCUT2D eigenvalue weighted by Crippen LogP contribution is -2.29. The predicted octanol–water partition coefficient (Wildman–Crippen LogP) is 1.96. The monoisotopic (exact) mass is 328 g/mol. The first-order valence-corrected chi connectivity index (χ1v) is 7.08. The highest BCUT2D eigenvalue weighted by Gasteiger charge is 2.16. The number of hydrogen-bond acceptors (Lipinski definition) is 5. The summed E-state index contributed by atoms with van der Waals surface area (Å²) in [5, 5.41) is 2.57. The number of carbonyl (C=O) groups excluding carboxylic acids is 3. The van der Waals surface area contributed by atoms with Crippen molar-refractivity contribution in [1.29, 1.82) is 0 Å². The molecule has 0 aliphatic carbocycles. The second-order valence-electron chi connectivity index (χ2n) is 4.86. The molecule has 1 heterocycles. The van der Waals surface area contributed by atoms with Crippen LogP contribution in [0.2, 0.25) is 0 Å². The fraction of sp³-hybridized carbons (Fsp3) is 0.118. The van der Waals surface area contributed by atoms with E-state index in [0.29, 0.717) is 17.0 Å². The van der Waals surface area contributed by atoms with Crippen LogP contribution in [-0.2, 0) is 14.3 Å². The minimum atomic E-state index is -0.991. The molecule has 7 nitrogen and oxygen atoms in total. The maximum absolute atomic E-state index is 12.0. The molecule has 124 valence electrons. The summed E-state index contributed by atoms with van der Waals surface area (Å²) >= 11 is 0. The molecule has 0 fully saturated rings. The molecule has 0 saturated heterocycles. The first-order valence-electron chi connectivity index (χ1n) is 7.08. The third-order valence-corrected chi connectivity index (χ3v) is 3.03. The van der Waals surface area contributed by atoms with E-state index in [-0.39, 0.29) is 0 Å². The van der Waals surface area contributed by atoms with Crippen molar-refractivity contribution in [3.05, 3.63) is 60.1 Å². The van der Waals surface area contributed by atoms with E-state index in [0.717, 1.165) is 0 Å². The van der Waals surface area contributed by atoms with E-state index in [1.807, 2.05) is 0 Å². The molecule has 2 rings (SSSR count). The number of hydrogen-bond donors (Lipinski definition) is 2. The highest BCUT2D eigenvalue weighted by atomic mass is 16.5. The lowest BCUT2D eigenvalue weighted by Gasteiger charge is -2.12. The van der Waals surface area contributed by atoms with Crippen molar-refractivity contribution >= 4 is 29.5 Å². The number of rotatable bonds is 6. The van der Waals surface area contributed by atoms with E-state index < -0.39 is 23.9 Å². The Labute approximate surface area is 138 Å². The van der Waals surface area contributed by atoms with Gasteiger partial charge in [-0.25, -0.2) is 4.79 Å². The Bertz CT molecular complexity index is 748. The van der Waals surface area contributed by atoms with Crippen LogP contribution in [0.25, 0.3) is 6.08 Å². The van der Waals surface area contributed by atoms with Gasteiger partial charge in [-0.2, -0.15) is 0 Å². The number of amides is 2. The highest BCUT2D eigenvalue weighted by Crippen LogP contribution is 2.10. The number of anilines is 1. The number of nitrogens with one attached hydrogen (secondary N) is 1. The minimum Gasteiger partial charge on any atom is -0.465 e.